The van der Waals surface area contributed by atoms with Gasteiger partial charge in [0.25, 0.3) is 0 Å². The van der Waals surface area contributed by atoms with Crippen LogP contribution < -0.4 is 14.8 Å². The molecule has 1 amide bonds. The summed E-state index contributed by atoms with van der Waals surface area (Å²) >= 11 is 1.40. The molecule has 0 saturated heterocycles. The molecule has 0 aliphatic rings. The topological polar surface area (TPSA) is 60.5 Å². The molecule has 6 heteroatoms. The third kappa shape index (κ3) is 5.10. The first kappa shape index (κ1) is 17.0. The van der Waals surface area contributed by atoms with Crippen molar-refractivity contribution in [3.8, 4) is 11.5 Å². The number of benzene rings is 1. The Morgan fingerprint density at radius 2 is 2.22 bits per heavy atom. The van der Waals surface area contributed by atoms with Gasteiger partial charge < -0.3 is 9.47 Å². The van der Waals surface area contributed by atoms with Crippen LogP contribution in [0.25, 0.3) is 6.08 Å². The number of thiazole rings is 1. The number of amides is 1. The zero-order chi connectivity index (χ0) is 16.7. The predicted molar refractivity (Wildman–Crippen MR) is 93.3 cm³/mol. The smallest absolute Gasteiger partial charge is 0.250 e. The summed E-state index contributed by atoms with van der Waals surface area (Å²) in [6, 6.07) is 5.56. The van der Waals surface area contributed by atoms with Crippen LogP contribution in [0.5, 0.6) is 11.5 Å². The minimum Gasteiger partial charge on any atom is -0.493 e. The molecule has 23 heavy (non-hydrogen) atoms. The molecular formula is C17H20N2O3S. The molecule has 1 heterocycles. The average molecular weight is 332 g/mol. The fourth-order valence-corrected chi connectivity index (χ4v) is 2.54. The van der Waals surface area contributed by atoms with Crippen molar-refractivity contribution in [2.24, 2.45) is 0 Å². The van der Waals surface area contributed by atoms with Gasteiger partial charge in [0.05, 0.1) is 19.4 Å². The van der Waals surface area contributed by atoms with E-state index in [1.54, 1.807) is 13.2 Å². The number of nitrogens with one attached hydrogen (secondary N) is 1. The lowest BCUT2D eigenvalue weighted by molar-refractivity contribution is -0.111. The van der Waals surface area contributed by atoms with Gasteiger partial charge in [0, 0.05) is 11.5 Å². The Labute approximate surface area is 140 Å². The van der Waals surface area contributed by atoms with E-state index in [0.29, 0.717) is 23.2 Å². The first-order valence-electron chi connectivity index (χ1n) is 7.34. The fraction of sp³-hybridized carbons (Fsp3) is 0.294. The number of nitrogens with zero attached hydrogens (tertiary/aromatic N) is 1. The van der Waals surface area contributed by atoms with Gasteiger partial charge in [-0.3, -0.25) is 10.1 Å². The molecule has 1 aromatic carbocycles. The van der Waals surface area contributed by atoms with E-state index in [1.165, 1.54) is 17.4 Å². The molecule has 0 unspecified atom stereocenters. The van der Waals surface area contributed by atoms with Crippen molar-refractivity contribution >= 4 is 28.5 Å². The van der Waals surface area contributed by atoms with Crippen molar-refractivity contribution in [1.29, 1.82) is 0 Å². The van der Waals surface area contributed by atoms with Crippen molar-refractivity contribution in [1.82, 2.24) is 4.98 Å². The molecule has 1 aromatic heterocycles. The van der Waals surface area contributed by atoms with E-state index in [9.17, 15) is 4.79 Å². The Hall–Kier alpha value is -2.34. The predicted octanol–water partition coefficient (Wildman–Crippen LogP) is 3.90. The van der Waals surface area contributed by atoms with Gasteiger partial charge in [-0.2, -0.15) is 0 Å². The minimum absolute atomic E-state index is 0.218. The largest absolute Gasteiger partial charge is 0.493 e. The van der Waals surface area contributed by atoms with E-state index in [-0.39, 0.29) is 5.91 Å². The molecule has 0 atom stereocenters. The van der Waals surface area contributed by atoms with Crippen LogP contribution in [0.3, 0.4) is 0 Å². The van der Waals surface area contributed by atoms with Crippen LogP contribution in [0.15, 0.2) is 29.7 Å². The number of anilines is 1. The van der Waals surface area contributed by atoms with Crippen LogP contribution in [0.4, 0.5) is 5.13 Å². The van der Waals surface area contributed by atoms with Crippen LogP contribution in [0.2, 0.25) is 0 Å². The van der Waals surface area contributed by atoms with Crippen LogP contribution in [-0.2, 0) is 4.79 Å². The van der Waals surface area contributed by atoms with Gasteiger partial charge in [-0.15, -0.1) is 11.3 Å². The third-order valence-corrected chi connectivity index (χ3v) is 3.80. The molecule has 0 aliphatic heterocycles. The van der Waals surface area contributed by atoms with Crippen molar-refractivity contribution < 1.29 is 14.3 Å². The lowest BCUT2D eigenvalue weighted by atomic mass is 10.2. The van der Waals surface area contributed by atoms with Crippen LogP contribution >= 0.6 is 11.3 Å². The van der Waals surface area contributed by atoms with E-state index >= 15 is 0 Å². The highest BCUT2D eigenvalue weighted by Crippen LogP contribution is 2.28. The second kappa shape index (κ2) is 8.33. The Balaban J connectivity index is 2.02. The maximum Gasteiger partial charge on any atom is 0.250 e. The summed E-state index contributed by atoms with van der Waals surface area (Å²) in [6.45, 7) is 4.57. The Morgan fingerprint density at radius 1 is 1.39 bits per heavy atom. The van der Waals surface area contributed by atoms with Gasteiger partial charge in [0.15, 0.2) is 16.6 Å². The lowest BCUT2D eigenvalue weighted by Gasteiger charge is -2.10. The van der Waals surface area contributed by atoms with Crippen LogP contribution in [0.1, 0.15) is 24.6 Å². The summed E-state index contributed by atoms with van der Waals surface area (Å²) in [5, 5.41) is 5.21. The van der Waals surface area contributed by atoms with Gasteiger partial charge >= 0.3 is 0 Å². The zero-order valence-corrected chi connectivity index (χ0v) is 14.3. The number of aryl methyl sites for hydroxylation is 1. The maximum atomic E-state index is 11.9. The van der Waals surface area contributed by atoms with E-state index < -0.39 is 0 Å². The Kier molecular flexibility index (Phi) is 6.17. The van der Waals surface area contributed by atoms with Crippen molar-refractivity contribution in [3.63, 3.8) is 0 Å². The normalized spacial score (nSPS) is 10.7. The summed E-state index contributed by atoms with van der Waals surface area (Å²) in [5.41, 5.74) is 1.75. The number of carbonyl (C=O) groups excluding carboxylic acids is 1. The molecule has 0 spiro atoms. The summed E-state index contributed by atoms with van der Waals surface area (Å²) in [4.78, 5) is 16.1. The van der Waals surface area contributed by atoms with Gasteiger partial charge in [0.1, 0.15) is 0 Å². The summed E-state index contributed by atoms with van der Waals surface area (Å²) in [6.07, 6.45) is 4.13. The molecule has 1 N–H and O–H groups in total. The SMILES string of the molecule is CCCOc1ccc(/C=C/C(=O)Nc2nc(C)cs2)cc1OC. The van der Waals surface area contributed by atoms with Gasteiger partial charge in [-0.05, 0) is 37.1 Å². The number of aromatic nitrogens is 1. The molecule has 0 bridgehead atoms. The number of ether oxygens (including phenoxy) is 2. The Morgan fingerprint density at radius 3 is 2.87 bits per heavy atom. The van der Waals surface area contributed by atoms with Crippen molar-refractivity contribution in [2.75, 3.05) is 19.0 Å². The highest BCUT2D eigenvalue weighted by atomic mass is 32.1. The lowest BCUT2D eigenvalue weighted by Crippen LogP contribution is -2.07. The Bertz CT molecular complexity index is 695. The summed E-state index contributed by atoms with van der Waals surface area (Å²) < 4.78 is 10.9. The van der Waals surface area contributed by atoms with Crippen molar-refractivity contribution in [2.45, 2.75) is 20.3 Å². The highest BCUT2D eigenvalue weighted by molar-refractivity contribution is 7.13. The summed E-state index contributed by atoms with van der Waals surface area (Å²) in [7, 11) is 1.60. The van der Waals surface area contributed by atoms with Gasteiger partial charge in [-0.1, -0.05) is 13.0 Å². The van der Waals surface area contributed by atoms with E-state index in [2.05, 4.69) is 10.3 Å². The number of carbonyl (C=O) groups is 1. The standard InChI is InChI=1S/C17H20N2O3S/c1-4-9-22-14-7-5-13(10-15(14)21-3)6-8-16(20)19-17-18-12(2)11-23-17/h5-8,10-11H,4,9H2,1-3H3,(H,18,19,20)/b8-6+. The fourth-order valence-electron chi connectivity index (χ4n) is 1.85. The molecule has 5 nitrogen and oxygen atoms in total. The number of rotatable bonds is 7. The van der Waals surface area contributed by atoms with Crippen LogP contribution in [-0.4, -0.2) is 24.6 Å². The molecule has 0 fully saturated rings. The molecule has 0 saturated carbocycles. The first-order chi connectivity index (χ1) is 11.1. The third-order valence-electron chi connectivity index (χ3n) is 2.93. The van der Waals surface area contributed by atoms with Gasteiger partial charge in [0.2, 0.25) is 5.91 Å². The average Bonchev–Trinajstić information content (AvgIpc) is 2.96. The molecule has 2 aromatic rings. The summed E-state index contributed by atoms with van der Waals surface area (Å²) in [5.74, 6) is 1.13. The first-order valence-corrected chi connectivity index (χ1v) is 8.22. The number of hydrogen-bond acceptors (Lipinski definition) is 5. The number of hydrogen-bond donors (Lipinski definition) is 1. The minimum atomic E-state index is -0.218. The maximum absolute atomic E-state index is 11.9. The van der Waals surface area contributed by atoms with Gasteiger partial charge in [-0.25, -0.2) is 4.98 Å². The zero-order valence-electron chi connectivity index (χ0n) is 13.5. The van der Waals surface area contributed by atoms with Crippen molar-refractivity contribution in [3.05, 3.63) is 40.9 Å². The second-order valence-electron chi connectivity index (χ2n) is 4.88. The quantitative estimate of drug-likeness (QED) is 0.781. The monoisotopic (exact) mass is 332 g/mol. The van der Waals surface area contributed by atoms with E-state index in [0.717, 1.165) is 17.7 Å². The molecule has 0 aliphatic carbocycles. The highest BCUT2D eigenvalue weighted by Gasteiger charge is 2.05. The van der Waals surface area contributed by atoms with E-state index in [4.69, 9.17) is 9.47 Å². The molecular weight excluding hydrogens is 312 g/mol. The van der Waals surface area contributed by atoms with E-state index in [1.807, 2.05) is 37.4 Å². The second-order valence-corrected chi connectivity index (χ2v) is 5.73. The molecule has 122 valence electrons. The van der Waals surface area contributed by atoms with Crippen LogP contribution in [0, 0.1) is 6.92 Å². The number of methoxy groups -OCH3 is 1. The molecule has 2 rings (SSSR count). The molecule has 0 radical (unpaired) electrons.